The molecule has 1 aromatic carbocycles. The van der Waals surface area contributed by atoms with Gasteiger partial charge in [0.1, 0.15) is 10.6 Å². The van der Waals surface area contributed by atoms with Crippen LogP contribution in [0, 0.1) is 0 Å². The average Bonchev–Trinajstić information content (AvgIpc) is 2.99. The number of nitrogens with zero attached hydrogens (tertiary/aromatic N) is 1. The van der Waals surface area contributed by atoms with Crippen LogP contribution < -0.4 is 0 Å². The van der Waals surface area contributed by atoms with Gasteiger partial charge in [0.15, 0.2) is 0 Å². The molecule has 5 heteroatoms. The van der Waals surface area contributed by atoms with Crippen molar-refractivity contribution in [3.05, 3.63) is 50.9 Å². The van der Waals surface area contributed by atoms with Crippen LogP contribution >= 0.6 is 22.9 Å². The van der Waals surface area contributed by atoms with Crippen molar-refractivity contribution in [1.29, 1.82) is 0 Å². The monoisotopic (exact) mass is 323 g/mol. The second kappa shape index (κ2) is 6.44. The normalized spacial score (nSPS) is 17.8. The quantitative estimate of drug-likeness (QED) is 0.851. The van der Waals surface area contributed by atoms with Gasteiger partial charge in [0, 0.05) is 55.7 Å². The maximum Gasteiger partial charge on any atom is 0.125 e. The molecule has 1 aliphatic heterocycles. The van der Waals surface area contributed by atoms with Gasteiger partial charge in [-0.15, -0.1) is 11.3 Å². The summed E-state index contributed by atoms with van der Waals surface area (Å²) in [5.41, 5.74) is 0.856. The Morgan fingerprint density at radius 1 is 1.33 bits per heavy atom. The Kier molecular flexibility index (Phi) is 4.60. The summed E-state index contributed by atoms with van der Waals surface area (Å²) in [5.74, 6) is 0. The Balaban J connectivity index is 1.81. The van der Waals surface area contributed by atoms with E-state index in [0.717, 1.165) is 48.1 Å². The van der Waals surface area contributed by atoms with Gasteiger partial charge in [0.2, 0.25) is 0 Å². The Morgan fingerprint density at radius 3 is 2.81 bits per heavy atom. The Hall–Kier alpha value is -0.940. The van der Waals surface area contributed by atoms with Crippen molar-refractivity contribution in [1.82, 2.24) is 4.98 Å². The third kappa shape index (κ3) is 3.14. The number of thiazole rings is 1. The molecule has 112 valence electrons. The summed E-state index contributed by atoms with van der Waals surface area (Å²) in [6.07, 6.45) is 4.48. The molecule has 1 fully saturated rings. The second-order valence-corrected chi connectivity index (χ2v) is 6.73. The van der Waals surface area contributed by atoms with Gasteiger partial charge >= 0.3 is 0 Å². The van der Waals surface area contributed by atoms with E-state index in [0.29, 0.717) is 0 Å². The number of hydrogen-bond acceptors (Lipinski definition) is 4. The Morgan fingerprint density at radius 2 is 2.10 bits per heavy atom. The molecule has 0 radical (unpaired) electrons. The van der Waals surface area contributed by atoms with Crippen LogP contribution in [0.15, 0.2) is 30.5 Å². The van der Waals surface area contributed by atoms with E-state index in [1.165, 1.54) is 4.88 Å². The summed E-state index contributed by atoms with van der Waals surface area (Å²) >= 11 is 7.94. The number of benzene rings is 1. The van der Waals surface area contributed by atoms with E-state index >= 15 is 0 Å². The number of methoxy groups -OCH3 is 1. The number of aromatic nitrogens is 1. The Bertz CT molecular complexity index is 608. The molecule has 2 aromatic rings. The molecule has 21 heavy (non-hydrogen) atoms. The van der Waals surface area contributed by atoms with Crippen molar-refractivity contribution in [2.24, 2.45) is 0 Å². The van der Waals surface area contributed by atoms with Crippen molar-refractivity contribution in [3.8, 4) is 0 Å². The van der Waals surface area contributed by atoms with E-state index in [-0.39, 0.29) is 5.60 Å². The molecule has 0 atom stereocenters. The number of ether oxygens (including phenoxy) is 2. The highest BCUT2D eigenvalue weighted by molar-refractivity contribution is 7.11. The molecular weight excluding hydrogens is 306 g/mol. The molecule has 0 spiro atoms. The lowest BCUT2D eigenvalue weighted by molar-refractivity contribution is -0.0948. The van der Waals surface area contributed by atoms with Crippen LogP contribution in [0.5, 0.6) is 0 Å². The first-order chi connectivity index (χ1) is 10.2. The van der Waals surface area contributed by atoms with Gasteiger partial charge in [-0.05, 0) is 11.6 Å². The van der Waals surface area contributed by atoms with Gasteiger partial charge in [-0.25, -0.2) is 4.98 Å². The highest BCUT2D eigenvalue weighted by atomic mass is 35.5. The maximum atomic E-state index is 6.23. The highest BCUT2D eigenvalue weighted by Gasteiger charge is 2.37. The third-order valence-corrected chi connectivity index (χ3v) is 5.51. The first kappa shape index (κ1) is 15.0. The van der Waals surface area contributed by atoms with E-state index in [4.69, 9.17) is 21.1 Å². The lowest BCUT2D eigenvalue weighted by Gasteiger charge is -2.33. The van der Waals surface area contributed by atoms with E-state index in [1.54, 1.807) is 18.4 Å². The lowest BCUT2D eigenvalue weighted by atomic mass is 9.95. The van der Waals surface area contributed by atoms with Crippen molar-refractivity contribution < 1.29 is 9.47 Å². The molecule has 1 aromatic heterocycles. The van der Waals surface area contributed by atoms with Crippen molar-refractivity contribution in [2.75, 3.05) is 20.3 Å². The molecule has 3 rings (SSSR count). The molecule has 3 nitrogen and oxygen atoms in total. The van der Waals surface area contributed by atoms with Crippen molar-refractivity contribution in [3.63, 3.8) is 0 Å². The molecular formula is C16H18ClNO2S. The van der Waals surface area contributed by atoms with Gasteiger partial charge in [0.05, 0.1) is 0 Å². The van der Waals surface area contributed by atoms with Crippen LogP contribution in [0.2, 0.25) is 5.02 Å². The first-order valence-corrected chi connectivity index (χ1v) is 8.24. The van der Waals surface area contributed by atoms with Crippen LogP contribution in [0.3, 0.4) is 0 Å². The van der Waals surface area contributed by atoms with Crippen molar-refractivity contribution in [2.45, 2.75) is 24.9 Å². The maximum absolute atomic E-state index is 6.23. The molecule has 0 unspecified atom stereocenters. The molecule has 0 saturated carbocycles. The lowest BCUT2D eigenvalue weighted by Crippen LogP contribution is -2.35. The minimum absolute atomic E-state index is 0.276. The van der Waals surface area contributed by atoms with Crippen LogP contribution in [-0.4, -0.2) is 25.3 Å². The molecule has 1 saturated heterocycles. The smallest absolute Gasteiger partial charge is 0.125 e. The van der Waals surface area contributed by atoms with Crippen LogP contribution in [0.4, 0.5) is 0 Å². The summed E-state index contributed by atoms with van der Waals surface area (Å²) in [5, 5.41) is 1.86. The van der Waals surface area contributed by atoms with E-state index in [2.05, 4.69) is 11.1 Å². The predicted octanol–water partition coefficient (Wildman–Crippen LogP) is 4.04. The van der Waals surface area contributed by atoms with Crippen LogP contribution in [0.25, 0.3) is 0 Å². The second-order valence-electron chi connectivity index (χ2n) is 5.21. The van der Waals surface area contributed by atoms with Gasteiger partial charge in [0.25, 0.3) is 0 Å². The van der Waals surface area contributed by atoms with E-state index in [9.17, 15) is 0 Å². The number of halogens is 1. The number of hydrogen-bond donors (Lipinski definition) is 0. The molecule has 0 N–H and O–H groups in total. The zero-order chi connectivity index (χ0) is 14.7. The number of rotatable bonds is 4. The zero-order valence-electron chi connectivity index (χ0n) is 12.0. The first-order valence-electron chi connectivity index (χ1n) is 7.05. The fourth-order valence-corrected chi connectivity index (χ4v) is 4.00. The predicted molar refractivity (Wildman–Crippen MR) is 85.1 cm³/mol. The van der Waals surface area contributed by atoms with Gasteiger partial charge in [-0.2, -0.15) is 0 Å². The summed E-state index contributed by atoms with van der Waals surface area (Å²) in [6, 6.07) is 7.94. The average molecular weight is 324 g/mol. The third-order valence-electron chi connectivity index (χ3n) is 3.96. The summed E-state index contributed by atoms with van der Waals surface area (Å²) in [7, 11) is 1.76. The van der Waals surface area contributed by atoms with Gasteiger partial charge in [-0.3, -0.25) is 0 Å². The van der Waals surface area contributed by atoms with Gasteiger partial charge in [-0.1, -0.05) is 29.8 Å². The van der Waals surface area contributed by atoms with Crippen LogP contribution in [-0.2, 0) is 21.5 Å². The van der Waals surface area contributed by atoms with Gasteiger partial charge < -0.3 is 9.47 Å². The summed E-state index contributed by atoms with van der Waals surface area (Å²) in [4.78, 5) is 5.81. The highest BCUT2D eigenvalue weighted by Crippen LogP contribution is 2.38. The van der Waals surface area contributed by atoms with E-state index in [1.807, 2.05) is 24.4 Å². The SMILES string of the molecule is COC1(c2ncc(Cc3ccccc3Cl)s2)CCOCC1. The minimum atomic E-state index is -0.276. The molecule has 2 heterocycles. The molecule has 0 bridgehead atoms. The molecule has 0 aliphatic carbocycles. The summed E-state index contributed by atoms with van der Waals surface area (Å²) in [6.45, 7) is 1.46. The Labute approximate surface area is 133 Å². The largest absolute Gasteiger partial charge is 0.381 e. The minimum Gasteiger partial charge on any atom is -0.381 e. The molecule has 0 amide bonds. The summed E-state index contributed by atoms with van der Waals surface area (Å²) < 4.78 is 11.2. The van der Waals surface area contributed by atoms with Crippen LogP contribution in [0.1, 0.15) is 28.3 Å². The zero-order valence-corrected chi connectivity index (χ0v) is 13.5. The fraction of sp³-hybridized carbons (Fsp3) is 0.438. The van der Waals surface area contributed by atoms with Crippen molar-refractivity contribution >= 4 is 22.9 Å². The standard InChI is InChI=1S/C16H18ClNO2S/c1-19-16(6-8-20-9-7-16)15-18-11-13(21-15)10-12-4-2-3-5-14(12)17/h2-5,11H,6-10H2,1H3. The van der Waals surface area contributed by atoms with E-state index < -0.39 is 0 Å². The topological polar surface area (TPSA) is 31.4 Å². The fourth-order valence-electron chi connectivity index (χ4n) is 2.64. The molecule has 1 aliphatic rings.